The van der Waals surface area contributed by atoms with Gasteiger partial charge in [0, 0.05) is 31.1 Å². The van der Waals surface area contributed by atoms with E-state index in [-0.39, 0.29) is 28.7 Å². The normalized spacial score (nSPS) is 10.5. The van der Waals surface area contributed by atoms with Crippen LogP contribution in [0.15, 0.2) is 33.7 Å². The number of halogens is 1. The average Bonchev–Trinajstić information content (AvgIpc) is 2.72. The largest absolute Gasteiger partial charge is 0.493 e. The van der Waals surface area contributed by atoms with Crippen molar-refractivity contribution in [1.82, 2.24) is 4.57 Å². The Bertz CT molecular complexity index is 950. The standard InChI is InChI=1S/C20H22BrNO6/c1-5-22-11-13(19(25)18(21)20(22)28-4)15(24)8-7-14(23)12-6-9-16(26-2)17(10-12)27-3/h6,9-11H,5,7-8H2,1-4H3. The Kier molecular flexibility index (Phi) is 7.39. The third-order valence-electron chi connectivity index (χ3n) is 4.30. The fraction of sp³-hybridized carbons (Fsp3) is 0.350. The van der Waals surface area contributed by atoms with E-state index in [1.165, 1.54) is 27.5 Å². The Morgan fingerprint density at radius 2 is 1.64 bits per heavy atom. The van der Waals surface area contributed by atoms with Gasteiger partial charge in [0.2, 0.25) is 11.3 Å². The zero-order chi connectivity index (χ0) is 20.8. The van der Waals surface area contributed by atoms with Gasteiger partial charge in [0.05, 0.1) is 26.9 Å². The van der Waals surface area contributed by atoms with Crippen LogP contribution in [0.25, 0.3) is 0 Å². The van der Waals surface area contributed by atoms with Gasteiger partial charge in [0.25, 0.3) is 0 Å². The molecule has 0 aliphatic carbocycles. The maximum atomic E-state index is 12.6. The quantitative estimate of drug-likeness (QED) is 0.542. The van der Waals surface area contributed by atoms with Gasteiger partial charge in [-0.25, -0.2) is 0 Å². The number of nitrogens with zero attached hydrogens (tertiary/aromatic N) is 1. The van der Waals surface area contributed by atoms with Crippen molar-refractivity contribution < 1.29 is 23.8 Å². The van der Waals surface area contributed by atoms with Gasteiger partial charge < -0.3 is 18.8 Å². The molecule has 1 heterocycles. The van der Waals surface area contributed by atoms with Crippen LogP contribution < -0.4 is 19.6 Å². The first-order chi connectivity index (χ1) is 13.4. The third kappa shape index (κ3) is 4.44. The molecule has 0 unspecified atom stereocenters. The first-order valence-electron chi connectivity index (χ1n) is 8.63. The minimum absolute atomic E-state index is 0.0228. The number of rotatable bonds is 9. The Morgan fingerprint density at radius 1 is 1.00 bits per heavy atom. The van der Waals surface area contributed by atoms with Crippen molar-refractivity contribution in [2.75, 3.05) is 21.3 Å². The number of benzene rings is 1. The minimum Gasteiger partial charge on any atom is -0.493 e. The minimum atomic E-state index is -0.454. The van der Waals surface area contributed by atoms with Crippen LogP contribution in [0, 0.1) is 0 Å². The first-order valence-corrected chi connectivity index (χ1v) is 9.42. The number of aromatic nitrogens is 1. The number of aryl methyl sites for hydroxylation is 1. The number of methoxy groups -OCH3 is 3. The lowest BCUT2D eigenvalue weighted by Crippen LogP contribution is -2.21. The van der Waals surface area contributed by atoms with Crippen molar-refractivity contribution in [3.05, 3.63) is 50.2 Å². The predicted molar refractivity (Wildman–Crippen MR) is 108 cm³/mol. The first kappa shape index (κ1) is 21.7. The van der Waals surface area contributed by atoms with Crippen LogP contribution in [0.5, 0.6) is 17.4 Å². The smallest absolute Gasteiger partial charge is 0.211 e. The summed E-state index contributed by atoms with van der Waals surface area (Å²) in [5.41, 5.74) is -0.0212. The maximum Gasteiger partial charge on any atom is 0.211 e. The molecular weight excluding hydrogens is 430 g/mol. The summed E-state index contributed by atoms with van der Waals surface area (Å²) in [6.45, 7) is 2.39. The molecule has 2 rings (SSSR count). The van der Waals surface area contributed by atoms with Gasteiger partial charge in [-0.1, -0.05) is 0 Å². The molecule has 28 heavy (non-hydrogen) atoms. The fourth-order valence-corrected chi connectivity index (χ4v) is 3.37. The van der Waals surface area contributed by atoms with E-state index < -0.39 is 11.2 Å². The van der Waals surface area contributed by atoms with Crippen molar-refractivity contribution in [3.8, 4) is 17.4 Å². The Labute approximate surface area is 171 Å². The van der Waals surface area contributed by atoms with Gasteiger partial charge in [-0.05, 0) is 41.1 Å². The summed E-state index contributed by atoms with van der Waals surface area (Å²) in [5.74, 6) is 0.676. The zero-order valence-electron chi connectivity index (χ0n) is 16.2. The van der Waals surface area contributed by atoms with Crippen LogP contribution in [-0.4, -0.2) is 37.5 Å². The molecule has 0 atom stereocenters. The molecule has 0 aliphatic heterocycles. The monoisotopic (exact) mass is 451 g/mol. The zero-order valence-corrected chi connectivity index (χ0v) is 17.8. The highest BCUT2D eigenvalue weighted by Crippen LogP contribution is 2.28. The SMILES string of the molecule is CCn1cc(C(=O)CCC(=O)c2ccc(OC)c(OC)c2)c(=O)c(Br)c1OC. The molecule has 0 radical (unpaired) electrons. The van der Waals surface area contributed by atoms with Crippen molar-refractivity contribution in [2.24, 2.45) is 0 Å². The molecule has 8 heteroatoms. The van der Waals surface area contributed by atoms with Crippen molar-refractivity contribution in [2.45, 2.75) is 26.3 Å². The fourth-order valence-electron chi connectivity index (χ4n) is 2.77. The molecule has 0 fully saturated rings. The highest BCUT2D eigenvalue weighted by Gasteiger charge is 2.20. The topological polar surface area (TPSA) is 83.8 Å². The van der Waals surface area contributed by atoms with Gasteiger partial charge in [-0.3, -0.25) is 14.4 Å². The van der Waals surface area contributed by atoms with E-state index in [1.54, 1.807) is 22.8 Å². The van der Waals surface area contributed by atoms with E-state index in [1.807, 2.05) is 6.92 Å². The molecule has 0 bridgehead atoms. The lowest BCUT2D eigenvalue weighted by molar-refractivity contribution is 0.0916. The third-order valence-corrected chi connectivity index (χ3v) is 5.00. The van der Waals surface area contributed by atoms with Crippen molar-refractivity contribution >= 4 is 27.5 Å². The summed E-state index contributed by atoms with van der Waals surface area (Å²) >= 11 is 3.19. The van der Waals surface area contributed by atoms with E-state index >= 15 is 0 Å². The van der Waals surface area contributed by atoms with Crippen LogP contribution in [-0.2, 0) is 6.54 Å². The van der Waals surface area contributed by atoms with Gasteiger partial charge in [-0.15, -0.1) is 0 Å². The summed E-state index contributed by atoms with van der Waals surface area (Å²) in [4.78, 5) is 37.5. The molecule has 0 amide bonds. The molecule has 0 N–H and O–H groups in total. The summed E-state index contributed by atoms with van der Waals surface area (Å²) in [6, 6.07) is 4.82. The molecule has 7 nitrogen and oxygen atoms in total. The molecule has 150 valence electrons. The molecule has 0 spiro atoms. The number of ketones is 2. The second-order valence-electron chi connectivity index (χ2n) is 5.90. The maximum absolute atomic E-state index is 12.6. The second-order valence-corrected chi connectivity index (χ2v) is 6.69. The highest BCUT2D eigenvalue weighted by atomic mass is 79.9. The predicted octanol–water partition coefficient (Wildman–Crippen LogP) is 3.50. The molecule has 1 aromatic heterocycles. The van der Waals surface area contributed by atoms with Gasteiger partial charge in [-0.2, -0.15) is 0 Å². The van der Waals surface area contributed by atoms with Crippen LogP contribution in [0.1, 0.15) is 40.5 Å². The number of Topliss-reactive ketones (excluding diaryl/α,β-unsaturated/α-hetero) is 2. The number of pyridine rings is 1. The van der Waals surface area contributed by atoms with Gasteiger partial charge >= 0.3 is 0 Å². The summed E-state index contributed by atoms with van der Waals surface area (Å²) in [5, 5.41) is 0. The number of ether oxygens (including phenoxy) is 3. The molecule has 0 saturated carbocycles. The van der Waals surface area contributed by atoms with E-state index in [4.69, 9.17) is 14.2 Å². The number of carbonyl (C=O) groups excluding carboxylic acids is 2. The average molecular weight is 452 g/mol. The number of hydrogen-bond donors (Lipinski definition) is 0. The second kappa shape index (κ2) is 9.54. The van der Waals surface area contributed by atoms with Gasteiger partial charge in [0.15, 0.2) is 23.1 Å². The van der Waals surface area contributed by atoms with Gasteiger partial charge in [0.1, 0.15) is 4.47 Å². The summed E-state index contributed by atoms with van der Waals surface area (Å²) in [6.07, 6.45) is 1.36. The Morgan fingerprint density at radius 3 is 2.21 bits per heavy atom. The van der Waals surface area contributed by atoms with Crippen molar-refractivity contribution in [1.29, 1.82) is 0 Å². The van der Waals surface area contributed by atoms with E-state index in [0.29, 0.717) is 29.5 Å². The van der Waals surface area contributed by atoms with Crippen LogP contribution >= 0.6 is 15.9 Å². The molecule has 0 saturated heterocycles. The molecular formula is C20H22BrNO6. The lowest BCUT2D eigenvalue weighted by Gasteiger charge is -2.13. The summed E-state index contributed by atoms with van der Waals surface area (Å²) < 4.78 is 17.4. The summed E-state index contributed by atoms with van der Waals surface area (Å²) in [7, 11) is 4.44. The van der Waals surface area contributed by atoms with Crippen LogP contribution in [0.3, 0.4) is 0 Å². The van der Waals surface area contributed by atoms with Crippen molar-refractivity contribution in [3.63, 3.8) is 0 Å². The number of hydrogen-bond acceptors (Lipinski definition) is 6. The van der Waals surface area contributed by atoms with E-state index in [9.17, 15) is 14.4 Å². The Hall–Kier alpha value is -2.61. The Balaban J connectivity index is 2.19. The number of carbonyl (C=O) groups is 2. The molecule has 0 aliphatic rings. The van der Waals surface area contributed by atoms with E-state index in [0.717, 1.165) is 0 Å². The van der Waals surface area contributed by atoms with Crippen LogP contribution in [0.2, 0.25) is 0 Å². The molecule has 2 aromatic rings. The van der Waals surface area contributed by atoms with Crippen LogP contribution in [0.4, 0.5) is 0 Å². The highest BCUT2D eigenvalue weighted by molar-refractivity contribution is 9.10. The molecule has 1 aromatic carbocycles. The lowest BCUT2D eigenvalue weighted by atomic mass is 10.0. The van der Waals surface area contributed by atoms with E-state index in [2.05, 4.69) is 15.9 Å².